The van der Waals surface area contributed by atoms with Crippen LogP contribution in [-0.4, -0.2) is 21.4 Å². The number of benzene rings is 1. The van der Waals surface area contributed by atoms with Crippen molar-refractivity contribution in [2.75, 3.05) is 0 Å². The summed E-state index contributed by atoms with van der Waals surface area (Å²) in [6.45, 7) is 0. The number of carbonyl (C=O) groups is 2. The fourth-order valence-corrected chi connectivity index (χ4v) is 3.76. The Morgan fingerprint density at radius 2 is 1.86 bits per heavy atom. The van der Waals surface area contributed by atoms with Gasteiger partial charge in [0.05, 0.1) is 10.9 Å². The van der Waals surface area contributed by atoms with E-state index < -0.39 is 17.4 Å². The molecule has 3 heterocycles. The number of halogens is 2. The average Bonchev–Trinajstić information content (AvgIpc) is 2.69. The van der Waals surface area contributed by atoms with Gasteiger partial charge in [-0.05, 0) is 30.2 Å². The van der Waals surface area contributed by atoms with E-state index in [0.717, 1.165) is 4.57 Å². The van der Waals surface area contributed by atoms with E-state index in [2.05, 4.69) is 10.3 Å². The Balaban J connectivity index is 1.70. The molecule has 6 nitrogen and oxygen atoms in total. The zero-order valence-electron chi connectivity index (χ0n) is 15.1. The van der Waals surface area contributed by atoms with Gasteiger partial charge >= 0.3 is 0 Å². The Morgan fingerprint density at radius 3 is 2.55 bits per heavy atom. The highest BCUT2D eigenvalue weighted by Gasteiger charge is 2.30. The maximum Gasteiger partial charge on any atom is 0.258 e. The van der Waals surface area contributed by atoms with Gasteiger partial charge in [0.2, 0.25) is 17.8 Å². The van der Waals surface area contributed by atoms with Crippen molar-refractivity contribution in [3.63, 3.8) is 0 Å². The first kappa shape index (κ1) is 19.0. The smallest absolute Gasteiger partial charge is 0.258 e. The van der Waals surface area contributed by atoms with Gasteiger partial charge in [-0.3, -0.25) is 19.7 Å². The first-order valence-corrected chi connectivity index (χ1v) is 9.30. The Bertz CT molecular complexity index is 1170. The summed E-state index contributed by atoms with van der Waals surface area (Å²) in [5.41, 5.74) is 1.40. The van der Waals surface area contributed by atoms with Crippen molar-refractivity contribution in [3.8, 4) is 16.9 Å². The predicted octanol–water partition coefficient (Wildman–Crippen LogP) is 3.21. The average molecular weight is 412 g/mol. The number of nitrogens with one attached hydrogen (secondary N) is 1. The Kier molecular flexibility index (Phi) is 4.98. The lowest BCUT2D eigenvalue weighted by molar-refractivity contribution is -0.134. The van der Waals surface area contributed by atoms with E-state index in [1.54, 1.807) is 24.3 Å². The van der Waals surface area contributed by atoms with Crippen LogP contribution in [-0.2, 0) is 9.59 Å². The highest BCUT2D eigenvalue weighted by atomic mass is 35.5. The first-order valence-electron chi connectivity index (χ1n) is 8.92. The van der Waals surface area contributed by atoms with Crippen molar-refractivity contribution < 1.29 is 14.0 Å². The monoisotopic (exact) mass is 411 g/mol. The molecule has 0 aliphatic carbocycles. The van der Waals surface area contributed by atoms with Crippen LogP contribution in [0.25, 0.3) is 16.9 Å². The van der Waals surface area contributed by atoms with Crippen LogP contribution in [0, 0.1) is 5.95 Å². The standard InChI is InChI=1S/C21H15ClFN3O3/c22-20-13(3-1-4-14(20)15-8-10-18(27)25-21(15)29)12-7-9-17(24-11-12)26-16(23)5-2-6-19(26)28/h1-7,9,11,15H,8,10H2,(H,25,27,29). The third-order valence-corrected chi connectivity index (χ3v) is 5.26. The molecule has 4 rings (SSSR count). The summed E-state index contributed by atoms with van der Waals surface area (Å²) in [4.78, 5) is 39.7. The van der Waals surface area contributed by atoms with E-state index in [-0.39, 0.29) is 24.1 Å². The van der Waals surface area contributed by atoms with Crippen molar-refractivity contribution in [3.05, 3.63) is 81.6 Å². The molecule has 2 amide bonds. The number of amides is 2. The van der Waals surface area contributed by atoms with Crippen LogP contribution in [0.2, 0.25) is 5.02 Å². The van der Waals surface area contributed by atoms with E-state index in [4.69, 9.17) is 11.6 Å². The fraction of sp³-hybridized carbons (Fsp3) is 0.143. The molecule has 1 N–H and O–H groups in total. The molecule has 1 atom stereocenters. The SMILES string of the molecule is O=C1CCC(c2cccc(-c3ccc(-n4c(F)cccc4=O)nc3)c2Cl)C(=O)N1. The normalized spacial score (nSPS) is 16.6. The summed E-state index contributed by atoms with van der Waals surface area (Å²) in [7, 11) is 0. The molecule has 1 aromatic carbocycles. The Morgan fingerprint density at radius 1 is 1.07 bits per heavy atom. The number of nitrogens with zero attached hydrogens (tertiary/aromatic N) is 2. The van der Waals surface area contributed by atoms with E-state index >= 15 is 0 Å². The van der Waals surface area contributed by atoms with Gasteiger partial charge in [-0.2, -0.15) is 4.39 Å². The molecule has 1 aliphatic rings. The third kappa shape index (κ3) is 3.56. The van der Waals surface area contributed by atoms with Crippen LogP contribution in [0.1, 0.15) is 24.3 Å². The number of rotatable bonds is 3. The van der Waals surface area contributed by atoms with Gasteiger partial charge < -0.3 is 0 Å². The van der Waals surface area contributed by atoms with Crippen LogP contribution < -0.4 is 10.9 Å². The number of aromatic nitrogens is 2. The van der Waals surface area contributed by atoms with Gasteiger partial charge in [0, 0.05) is 29.8 Å². The van der Waals surface area contributed by atoms with Gasteiger partial charge in [0.15, 0.2) is 0 Å². The summed E-state index contributed by atoms with van der Waals surface area (Å²) in [6.07, 6.45) is 2.13. The minimum Gasteiger partial charge on any atom is -0.296 e. The molecule has 8 heteroatoms. The maximum absolute atomic E-state index is 14.0. The lowest BCUT2D eigenvalue weighted by atomic mass is 9.88. The largest absolute Gasteiger partial charge is 0.296 e. The highest BCUT2D eigenvalue weighted by Crippen LogP contribution is 2.37. The molecule has 146 valence electrons. The number of hydrogen-bond acceptors (Lipinski definition) is 4. The molecule has 1 saturated heterocycles. The van der Waals surface area contributed by atoms with Gasteiger partial charge in [-0.1, -0.05) is 35.9 Å². The lowest BCUT2D eigenvalue weighted by Gasteiger charge is -2.23. The van der Waals surface area contributed by atoms with Crippen LogP contribution in [0.5, 0.6) is 0 Å². The van der Waals surface area contributed by atoms with Crippen LogP contribution in [0.4, 0.5) is 4.39 Å². The number of pyridine rings is 2. The van der Waals surface area contributed by atoms with Gasteiger partial charge in [-0.25, -0.2) is 9.55 Å². The molecule has 0 bridgehead atoms. The second kappa shape index (κ2) is 7.60. The summed E-state index contributed by atoms with van der Waals surface area (Å²) in [5.74, 6) is -1.73. The second-order valence-electron chi connectivity index (χ2n) is 6.64. The van der Waals surface area contributed by atoms with E-state index in [0.29, 0.717) is 28.1 Å². The number of hydrogen-bond donors (Lipinski definition) is 1. The highest BCUT2D eigenvalue weighted by molar-refractivity contribution is 6.34. The molecule has 3 aromatic rings. The zero-order valence-corrected chi connectivity index (χ0v) is 15.8. The summed E-state index contributed by atoms with van der Waals surface area (Å²) in [5, 5.41) is 2.72. The van der Waals surface area contributed by atoms with Gasteiger partial charge in [-0.15, -0.1) is 0 Å². The quantitative estimate of drug-likeness (QED) is 0.530. The molecular formula is C21H15ClFN3O3. The van der Waals surface area contributed by atoms with Crippen molar-refractivity contribution in [2.45, 2.75) is 18.8 Å². The second-order valence-corrected chi connectivity index (χ2v) is 7.02. The Labute approximate surface area is 170 Å². The Hall–Kier alpha value is -3.32. The van der Waals surface area contributed by atoms with Crippen LogP contribution in [0.3, 0.4) is 0 Å². The van der Waals surface area contributed by atoms with Crippen molar-refractivity contribution in [2.24, 2.45) is 0 Å². The molecule has 0 radical (unpaired) electrons. The van der Waals surface area contributed by atoms with Crippen molar-refractivity contribution in [1.29, 1.82) is 0 Å². The maximum atomic E-state index is 14.0. The van der Waals surface area contributed by atoms with Crippen LogP contribution in [0.15, 0.2) is 59.5 Å². The molecule has 1 aliphatic heterocycles. The van der Waals surface area contributed by atoms with Crippen molar-refractivity contribution in [1.82, 2.24) is 14.9 Å². The summed E-state index contributed by atoms with van der Waals surface area (Å²) >= 11 is 6.58. The van der Waals surface area contributed by atoms with E-state index in [9.17, 15) is 18.8 Å². The van der Waals surface area contributed by atoms with Crippen LogP contribution >= 0.6 is 11.6 Å². The molecule has 1 unspecified atom stereocenters. The molecular weight excluding hydrogens is 397 g/mol. The number of imide groups is 1. The topological polar surface area (TPSA) is 81.1 Å². The van der Waals surface area contributed by atoms with Gasteiger partial charge in [0.25, 0.3) is 5.56 Å². The van der Waals surface area contributed by atoms with E-state index in [1.807, 2.05) is 0 Å². The number of carbonyl (C=O) groups excluding carboxylic acids is 2. The number of piperidine rings is 1. The third-order valence-electron chi connectivity index (χ3n) is 4.84. The lowest BCUT2D eigenvalue weighted by Crippen LogP contribution is -2.39. The zero-order chi connectivity index (χ0) is 20.5. The first-order chi connectivity index (χ1) is 14.0. The minimum atomic E-state index is -0.712. The predicted molar refractivity (Wildman–Crippen MR) is 105 cm³/mol. The summed E-state index contributed by atoms with van der Waals surface area (Å²) < 4.78 is 14.9. The minimum absolute atomic E-state index is 0.147. The molecule has 0 saturated carbocycles. The summed E-state index contributed by atoms with van der Waals surface area (Å²) in [6, 6.07) is 12.3. The van der Waals surface area contributed by atoms with Crippen molar-refractivity contribution >= 4 is 23.4 Å². The molecule has 1 fully saturated rings. The molecule has 29 heavy (non-hydrogen) atoms. The van der Waals surface area contributed by atoms with Gasteiger partial charge in [0.1, 0.15) is 5.82 Å². The molecule has 0 spiro atoms. The fourth-order valence-electron chi connectivity index (χ4n) is 3.40. The molecule has 2 aromatic heterocycles. The van der Waals surface area contributed by atoms with E-state index in [1.165, 1.54) is 30.5 Å².